The zero-order chi connectivity index (χ0) is 19.4. The predicted octanol–water partition coefficient (Wildman–Crippen LogP) is 2.86. The van der Waals surface area contributed by atoms with Crippen LogP contribution < -0.4 is 4.74 Å². The number of carbonyl (C=O) groups is 2. The Labute approximate surface area is 163 Å². The second-order valence-electron chi connectivity index (χ2n) is 6.90. The minimum atomic E-state index is -0.177. The van der Waals surface area contributed by atoms with Gasteiger partial charge in [-0.25, -0.2) is 4.98 Å². The molecule has 6 nitrogen and oxygen atoms in total. The summed E-state index contributed by atoms with van der Waals surface area (Å²) in [4.78, 5) is 33.2. The highest BCUT2D eigenvalue weighted by atomic mass is 32.1. The Morgan fingerprint density at radius 2 is 2.19 bits per heavy atom. The molecule has 0 radical (unpaired) electrons. The molecule has 1 saturated heterocycles. The highest BCUT2D eigenvalue weighted by Crippen LogP contribution is 2.25. The maximum atomic E-state index is 12.9. The van der Waals surface area contributed by atoms with Gasteiger partial charge >= 0.3 is 0 Å². The minimum Gasteiger partial charge on any atom is -0.496 e. The summed E-state index contributed by atoms with van der Waals surface area (Å²) in [6, 6.07) is 7.67. The van der Waals surface area contributed by atoms with Gasteiger partial charge in [-0.3, -0.25) is 9.59 Å². The highest BCUT2D eigenvalue weighted by molar-refractivity contribution is 7.09. The third-order valence-corrected chi connectivity index (χ3v) is 5.77. The van der Waals surface area contributed by atoms with Crippen LogP contribution in [0.2, 0.25) is 0 Å². The monoisotopic (exact) mass is 387 g/mol. The number of aromatic nitrogens is 1. The van der Waals surface area contributed by atoms with Crippen LogP contribution in [0.3, 0.4) is 0 Å². The maximum Gasteiger partial charge on any atom is 0.227 e. The van der Waals surface area contributed by atoms with E-state index in [1.807, 2.05) is 36.6 Å². The molecule has 0 saturated carbocycles. The lowest BCUT2D eigenvalue weighted by molar-refractivity contribution is -0.143. The number of benzene rings is 1. The van der Waals surface area contributed by atoms with E-state index in [0.717, 1.165) is 22.0 Å². The van der Waals surface area contributed by atoms with Gasteiger partial charge in [0, 0.05) is 43.2 Å². The molecule has 2 heterocycles. The molecule has 27 heavy (non-hydrogen) atoms. The number of ether oxygens (including phenoxy) is 1. The van der Waals surface area contributed by atoms with E-state index in [2.05, 4.69) is 4.98 Å². The molecule has 0 bridgehead atoms. The molecule has 2 aromatic rings. The fraction of sp³-hybridized carbons (Fsp3) is 0.450. The lowest BCUT2D eigenvalue weighted by Gasteiger charge is -2.34. The summed E-state index contributed by atoms with van der Waals surface area (Å²) in [6.45, 7) is 3.36. The first-order valence-electron chi connectivity index (χ1n) is 9.03. The number of hydrogen-bond donors (Lipinski definition) is 0. The van der Waals surface area contributed by atoms with Crippen molar-refractivity contribution in [2.75, 3.05) is 20.7 Å². The lowest BCUT2D eigenvalue weighted by atomic mass is 9.95. The van der Waals surface area contributed by atoms with E-state index in [1.165, 1.54) is 0 Å². The van der Waals surface area contributed by atoms with Crippen molar-refractivity contribution < 1.29 is 14.3 Å². The third-order valence-electron chi connectivity index (χ3n) is 4.82. The number of amides is 2. The average Bonchev–Trinajstić information content (AvgIpc) is 3.08. The summed E-state index contributed by atoms with van der Waals surface area (Å²) in [5.41, 5.74) is 1.93. The molecule has 0 aliphatic carbocycles. The molecule has 1 atom stereocenters. The van der Waals surface area contributed by atoms with Gasteiger partial charge in [0.05, 0.1) is 19.6 Å². The Morgan fingerprint density at radius 3 is 2.89 bits per heavy atom. The first-order valence-corrected chi connectivity index (χ1v) is 9.91. The Morgan fingerprint density at radius 1 is 1.41 bits per heavy atom. The van der Waals surface area contributed by atoms with Crippen LogP contribution in [0.1, 0.15) is 29.1 Å². The average molecular weight is 388 g/mol. The van der Waals surface area contributed by atoms with Gasteiger partial charge in [0.1, 0.15) is 10.8 Å². The van der Waals surface area contributed by atoms with Crippen LogP contribution in [0.5, 0.6) is 5.75 Å². The molecule has 1 fully saturated rings. The summed E-state index contributed by atoms with van der Waals surface area (Å²) < 4.78 is 5.38. The van der Waals surface area contributed by atoms with Gasteiger partial charge in [-0.15, -0.1) is 11.3 Å². The van der Waals surface area contributed by atoms with Gasteiger partial charge < -0.3 is 14.5 Å². The van der Waals surface area contributed by atoms with Crippen molar-refractivity contribution in [3.63, 3.8) is 0 Å². The van der Waals surface area contributed by atoms with Crippen molar-refractivity contribution in [2.45, 2.75) is 32.9 Å². The van der Waals surface area contributed by atoms with Gasteiger partial charge in [-0.2, -0.15) is 0 Å². The quantitative estimate of drug-likeness (QED) is 0.765. The summed E-state index contributed by atoms with van der Waals surface area (Å²) in [5.74, 6) is 0.738. The molecule has 1 aromatic carbocycles. The number of thiazole rings is 1. The third kappa shape index (κ3) is 4.66. The smallest absolute Gasteiger partial charge is 0.227 e. The van der Waals surface area contributed by atoms with Crippen LogP contribution in [-0.2, 0) is 22.7 Å². The molecule has 3 rings (SSSR count). The number of rotatable bonds is 6. The summed E-state index contributed by atoms with van der Waals surface area (Å²) in [6.07, 6.45) is 0.997. The number of hydrogen-bond acceptors (Lipinski definition) is 5. The van der Waals surface area contributed by atoms with Crippen LogP contribution in [0.15, 0.2) is 29.6 Å². The van der Waals surface area contributed by atoms with Crippen LogP contribution in [-0.4, -0.2) is 47.3 Å². The number of piperidine rings is 1. The molecule has 0 spiro atoms. The van der Waals surface area contributed by atoms with E-state index in [1.54, 1.807) is 35.3 Å². The fourth-order valence-electron chi connectivity index (χ4n) is 3.38. The molecule has 2 amide bonds. The van der Waals surface area contributed by atoms with E-state index < -0.39 is 0 Å². The number of para-hydroxylation sites is 1. The number of aryl methyl sites for hydroxylation is 1. The number of methoxy groups -OCH3 is 1. The zero-order valence-corrected chi connectivity index (χ0v) is 16.8. The van der Waals surface area contributed by atoms with Crippen molar-refractivity contribution in [1.29, 1.82) is 0 Å². The summed E-state index contributed by atoms with van der Waals surface area (Å²) >= 11 is 1.57. The van der Waals surface area contributed by atoms with Crippen LogP contribution in [0, 0.1) is 12.8 Å². The van der Waals surface area contributed by atoms with E-state index in [4.69, 9.17) is 4.74 Å². The second kappa shape index (κ2) is 8.52. The Hall–Kier alpha value is -2.41. The van der Waals surface area contributed by atoms with E-state index in [-0.39, 0.29) is 17.7 Å². The van der Waals surface area contributed by atoms with Gasteiger partial charge in [0.15, 0.2) is 0 Å². The number of nitrogens with zero attached hydrogens (tertiary/aromatic N) is 3. The number of likely N-dealkylation sites (tertiary alicyclic amines) is 1. The molecule has 7 heteroatoms. The van der Waals surface area contributed by atoms with E-state index in [9.17, 15) is 9.59 Å². The molecule has 0 N–H and O–H groups in total. The fourth-order valence-corrected chi connectivity index (χ4v) is 4.20. The lowest BCUT2D eigenvalue weighted by Crippen LogP contribution is -2.45. The molecular weight excluding hydrogens is 362 g/mol. The minimum absolute atomic E-state index is 0.0698. The van der Waals surface area contributed by atoms with Gasteiger partial charge in [-0.05, 0) is 19.4 Å². The van der Waals surface area contributed by atoms with Crippen molar-refractivity contribution in [3.8, 4) is 5.75 Å². The zero-order valence-electron chi connectivity index (χ0n) is 16.0. The van der Waals surface area contributed by atoms with E-state index in [0.29, 0.717) is 32.5 Å². The number of carbonyl (C=O) groups excluding carboxylic acids is 2. The second-order valence-corrected chi connectivity index (χ2v) is 7.84. The molecule has 1 aromatic heterocycles. The van der Waals surface area contributed by atoms with Crippen LogP contribution in [0.4, 0.5) is 0 Å². The van der Waals surface area contributed by atoms with Gasteiger partial charge in [0.2, 0.25) is 11.8 Å². The first kappa shape index (κ1) is 19.4. The largest absolute Gasteiger partial charge is 0.496 e. The van der Waals surface area contributed by atoms with Crippen molar-refractivity contribution in [1.82, 2.24) is 14.8 Å². The Balaban J connectivity index is 1.65. The maximum absolute atomic E-state index is 12.9. The molecule has 1 aliphatic rings. The Bertz CT molecular complexity index is 820. The van der Waals surface area contributed by atoms with E-state index >= 15 is 0 Å². The molecule has 144 valence electrons. The van der Waals surface area contributed by atoms with Crippen molar-refractivity contribution in [2.24, 2.45) is 5.92 Å². The normalized spacial score (nSPS) is 17.1. The predicted molar refractivity (Wildman–Crippen MR) is 104 cm³/mol. The topological polar surface area (TPSA) is 62.7 Å². The van der Waals surface area contributed by atoms with Crippen molar-refractivity contribution in [3.05, 3.63) is 45.9 Å². The SMILES string of the molecule is COc1ccccc1CN1C[C@@H](C(=O)N(C)Cc2nc(C)cs2)CCC1=O. The summed E-state index contributed by atoms with van der Waals surface area (Å²) in [7, 11) is 3.43. The standard InChI is InChI=1S/C20H25N3O3S/c1-14-13-27-18(21-14)12-22(2)20(25)16-8-9-19(24)23(11-16)10-15-6-4-5-7-17(15)26-3/h4-7,13,16H,8-12H2,1-3H3/t16-/m0/s1. The van der Waals surface area contributed by atoms with Crippen molar-refractivity contribution >= 4 is 23.2 Å². The van der Waals surface area contributed by atoms with Crippen LogP contribution in [0.25, 0.3) is 0 Å². The molecule has 0 unspecified atom stereocenters. The van der Waals surface area contributed by atoms with Gasteiger partial charge in [-0.1, -0.05) is 18.2 Å². The Kier molecular flexibility index (Phi) is 6.11. The van der Waals surface area contributed by atoms with Crippen LogP contribution >= 0.6 is 11.3 Å². The molecule has 1 aliphatic heterocycles. The van der Waals surface area contributed by atoms with Gasteiger partial charge in [0.25, 0.3) is 0 Å². The molecular formula is C20H25N3O3S. The summed E-state index contributed by atoms with van der Waals surface area (Å²) in [5, 5.41) is 2.92. The first-order chi connectivity index (χ1) is 13.0. The highest BCUT2D eigenvalue weighted by Gasteiger charge is 2.32.